The molecule has 2 heterocycles. The molecule has 1 aliphatic rings. The lowest BCUT2D eigenvalue weighted by atomic mass is 9.93. The number of pyridine rings is 1. The third-order valence-electron chi connectivity index (χ3n) is 5.52. The monoisotopic (exact) mass is 374 g/mol. The molecule has 2 aromatic heterocycles. The highest BCUT2D eigenvalue weighted by atomic mass is 16.2. The predicted octanol–water partition coefficient (Wildman–Crippen LogP) is 4.46. The number of nitrogens with zero attached hydrogens (tertiary/aromatic N) is 4. The molecule has 5 heteroatoms. The molecule has 1 aromatic carbocycles. The Bertz CT molecular complexity index is 929. The number of hydrogen-bond acceptors (Lipinski definition) is 3. The standard InChI is InChI=1S/C23H26N4O/c1-26-15-14-25-22(26)18-8-7-9-19(16-18)23(28)27(21-11-3-2-4-12-21)17-20-10-5-6-13-24-20/h5-10,13-16,21H,2-4,11-12,17H2,1H3. The van der Waals surface area contributed by atoms with Gasteiger partial charge in [-0.1, -0.05) is 37.5 Å². The van der Waals surface area contributed by atoms with Crippen LogP contribution in [-0.4, -0.2) is 31.4 Å². The predicted molar refractivity (Wildman–Crippen MR) is 110 cm³/mol. The fourth-order valence-corrected chi connectivity index (χ4v) is 4.03. The van der Waals surface area contributed by atoms with Crippen molar-refractivity contribution in [1.82, 2.24) is 19.4 Å². The van der Waals surface area contributed by atoms with Crippen molar-refractivity contribution in [1.29, 1.82) is 0 Å². The van der Waals surface area contributed by atoms with E-state index in [1.165, 1.54) is 19.3 Å². The number of hydrogen-bond donors (Lipinski definition) is 0. The Morgan fingerprint density at radius 3 is 2.64 bits per heavy atom. The normalized spacial score (nSPS) is 14.8. The van der Waals surface area contributed by atoms with Crippen molar-refractivity contribution < 1.29 is 4.79 Å². The molecule has 0 atom stereocenters. The van der Waals surface area contributed by atoms with Crippen LogP contribution < -0.4 is 0 Å². The van der Waals surface area contributed by atoms with Gasteiger partial charge in [-0.25, -0.2) is 4.98 Å². The highest BCUT2D eigenvalue weighted by molar-refractivity contribution is 5.95. The molecular weight excluding hydrogens is 348 g/mol. The Hall–Kier alpha value is -2.95. The van der Waals surface area contributed by atoms with E-state index in [9.17, 15) is 4.79 Å². The van der Waals surface area contributed by atoms with E-state index >= 15 is 0 Å². The molecule has 5 nitrogen and oxygen atoms in total. The van der Waals surface area contributed by atoms with Gasteiger partial charge < -0.3 is 9.47 Å². The molecule has 0 bridgehead atoms. The summed E-state index contributed by atoms with van der Waals surface area (Å²) in [4.78, 5) is 24.4. The van der Waals surface area contributed by atoms with Crippen molar-refractivity contribution in [3.8, 4) is 11.4 Å². The zero-order valence-electron chi connectivity index (χ0n) is 16.3. The molecule has 28 heavy (non-hydrogen) atoms. The van der Waals surface area contributed by atoms with E-state index in [0.29, 0.717) is 12.1 Å². The fourth-order valence-electron chi connectivity index (χ4n) is 4.03. The topological polar surface area (TPSA) is 51.0 Å². The Kier molecular flexibility index (Phi) is 5.51. The zero-order valence-corrected chi connectivity index (χ0v) is 16.3. The molecule has 0 spiro atoms. The molecule has 4 rings (SSSR count). The van der Waals surface area contributed by atoms with Crippen LogP contribution in [0.4, 0.5) is 0 Å². The molecule has 0 unspecified atom stereocenters. The lowest BCUT2D eigenvalue weighted by Gasteiger charge is -2.34. The molecule has 0 N–H and O–H groups in total. The van der Waals surface area contributed by atoms with Crippen LogP contribution in [0.1, 0.15) is 48.2 Å². The molecule has 1 aliphatic carbocycles. The second-order valence-electron chi connectivity index (χ2n) is 7.49. The van der Waals surface area contributed by atoms with Gasteiger partial charge in [0.15, 0.2) is 0 Å². The lowest BCUT2D eigenvalue weighted by molar-refractivity contribution is 0.0611. The SMILES string of the molecule is Cn1ccnc1-c1cccc(C(=O)N(Cc2ccccn2)C2CCCCC2)c1. The van der Waals surface area contributed by atoms with Gasteiger partial charge in [-0.15, -0.1) is 0 Å². The van der Waals surface area contributed by atoms with Gasteiger partial charge in [0, 0.05) is 42.8 Å². The minimum absolute atomic E-state index is 0.0774. The number of rotatable bonds is 5. The van der Waals surface area contributed by atoms with Crippen molar-refractivity contribution in [2.45, 2.75) is 44.7 Å². The van der Waals surface area contributed by atoms with Crippen LogP contribution >= 0.6 is 0 Å². The minimum atomic E-state index is 0.0774. The van der Waals surface area contributed by atoms with Crippen molar-refractivity contribution in [2.75, 3.05) is 0 Å². The summed E-state index contributed by atoms with van der Waals surface area (Å²) < 4.78 is 1.97. The summed E-state index contributed by atoms with van der Waals surface area (Å²) >= 11 is 0. The van der Waals surface area contributed by atoms with Gasteiger partial charge in [0.05, 0.1) is 12.2 Å². The number of amides is 1. The Labute approximate surface area is 166 Å². The van der Waals surface area contributed by atoms with Gasteiger partial charge in [-0.3, -0.25) is 9.78 Å². The van der Waals surface area contributed by atoms with Gasteiger partial charge in [-0.2, -0.15) is 0 Å². The maximum atomic E-state index is 13.5. The van der Waals surface area contributed by atoms with Crippen LogP contribution in [0.25, 0.3) is 11.4 Å². The molecule has 1 fully saturated rings. The van der Waals surface area contributed by atoms with Gasteiger partial charge in [0.2, 0.25) is 0 Å². The van der Waals surface area contributed by atoms with Crippen LogP contribution in [0, 0.1) is 0 Å². The smallest absolute Gasteiger partial charge is 0.254 e. The van der Waals surface area contributed by atoms with Crippen LogP contribution in [0.15, 0.2) is 61.1 Å². The van der Waals surface area contributed by atoms with E-state index in [1.54, 1.807) is 12.4 Å². The maximum absolute atomic E-state index is 13.5. The maximum Gasteiger partial charge on any atom is 0.254 e. The summed E-state index contributed by atoms with van der Waals surface area (Å²) in [6.45, 7) is 0.553. The van der Waals surface area contributed by atoms with Crippen LogP contribution in [0.3, 0.4) is 0 Å². The number of aromatic nitrogens is 3. The first-order valence-corrected chi connectivity index (χ1v) is 10.0. The van der Waals surface area contributed by atoms with Gasteiger partial charge >= 0.3 is 0 Å². The number of aryl methyl sites for hydroxylation is 1. The molecule has 0 saturated heterocycles. The van der Waals surface area contributed by atoms with E-state index in [2.05, 4.69) is 9.97 Å². The van der Waals surface area contributed by atoms with Crippen LogP contribution in [0.5, 0.6) is 0 Å². The molecule has 1 saturated carbocycles. The molecule has 3 aromatic rings. The van der Waals surface area contributed by atoms with Gasteiger partial charge in [0.1, 0.15) is 5.82 Å². The summed E-state index contributed by atoms with van der Waals surface area (Å²) in [6.07, 6.45) is 11.2. The van der Waals surface area contributed by atoms with E-state index in [0.717, 1.165) is 29.9 Å². The average Bonchev–Trinajstić information content (AvgIpc) is 3.19. The molecule has 0 aliphatic heterocycles. The molecule has 0 radical (unpaired) electrons. The number of carbonyl (C=O) groups excluding carboxylic acids is 1. The second kappa shape index (κ2) is 8.38. The molecular formula is C23H26N4O. The molecule has 144 valence electrons. The fraction of sp³-hybridized carbons (Fsp3) is 0.348. The van der Waals surface area contributed by atoms with E-state index in [4.69, 9.17) is 0 Å². The van der Waals surface area contributed by atoms with E-state index in [-0.39, 0.29) is 11.9 Å². The minimum Gasteiger partial charge on any atom is -0.334 e. The number of carbonyl (C=O) groups is 1. The summed E-state index contributed by atoms with van der Waals surface area (Å²) in [5.41, 5.74) is 2.60. The van der Waals surface area contributed by atoms with E-state index < -0.39 is 0 Å². The van der Waals surface area contributed by atoms with Crippen molar-refractivity contribution in [2.24, 2.45) is 7.05 Å². The first-order chi connectivity index (χ1) is 13.7. The first-order valence-electron chi connectivity index (χ1n) is 10.0. The average molecular weight is 374 g/mol. The first kappa shape index (κ1) is 18.4. The third kappa shape index (κ3) is 3.98. The summed E-state index contributed by atoms with van der Waals surface area (Å²) in [5.74, 6) is 0.942. The second-order valence-corrected chi connectivity index (χ2v) is 7.49. The van der Waals surface area contributed by atoms with Gasteiger partial charge in [-0.05, 0) is 37.1 Å². The molecule has 1 amide bonds. The number of benzene rings is 1. The summed E-state index contributed by atoms with van der Waals surface area (Å²) in [6, 6.07) is 14.0. The lowest BCUT2D eigenvalue weighted by Crippen LogP contribution is -2.41. The summed E-state index contributed by atoms with van der Waals surface area (Å²) in [7, 11) is 1.96. The summed E-state index contributed by atoms with van der Waals surface area (Å²) in [5, 5.41) is 0. The van der Waals surface area contributed by atoms with Crippen molar-refractivity contribution in [3.05, 3.63) is 72.3 Å². The number of imidazole rings is 1. The Balaban J connectivity index is 1.64. The highest BCUT2D eigenvalue weighted by Gasteiger charge is 2.27. The van der Waals surface area contributed by atoms with Gasteiger partial charge in [0.25, 0.3) is 5.91 Å². The van der Waals surface area contributed by atoms with E-state index in [1.807, 2.05) is 65.2 Å². The van der Waals surface area contributed by atoms with Crippen molar-refractivity contribution >= 4 is 5.91 Å². The zero-order chi connectivity index (χ0) is 19.3. The Morgan fingerprint density at radius 1 is 1.07 bits per heavy atom. The highest BCUT2D eigenvalue weighted by Crippen LogP contribution is 2.26. The largest absolute Gasteiger partial charge is 0.334 e. The quantitative estimate of drug-likeness (QED) is 0.663. The van der Waals surface area contributed by atoms with Crippen LogP contribution in [-0.2, 0) is 13.6 Å². The van der Waals surface area contributed by atoms with Crippen molar-refractivity contribution in [3.63, 3.8) is 0 Å². The third-order valence-corrected chi connectivity index (χ3v) is 5.52. The van der Waals surface area contributed by atoms with Crippen LogP contribution in [0.2, 0.25) is 0 Å². The Morgan fingerprint density at radius 2 is 1.93 bits per heavy atom.